The molecule has 0 bridgehead atoms. The smallest absolute Gasteiger partial charge is 0.254 e. The van der Waals surface area contributed by atoms with Crippen molar-refractivity contribution in [2.45, 2.75) is 6.92 Å². The summed E-state index contributed by atoms with van der Waals surface area (Å²) in [5.74, 6) is 0.837. The number of carbonyl (C=O) groups is 1. The average Bonchev–Trinajstić information content (AvgIpc) is 2.41. The topological polar surface area (TPSA) is 64.4 Å². The molecule has 0 radical (unpaired) electrons. The molecule has 0 saturated carbocycles. The molecule has 0 heterocycles. The van der Waals surface area contributed by atoms with Crippen molar-refractivity contribution in [3.8, 4) is 11.5 Å². The average molecular weight is 335 g/mol. The molecule has 0 saturated heterocycles. The maximum Gasteiger partial charge on any atom is 0.254 e. The van der Waals surface area contributed by atoms with Gasteiger partial charge in [-0.25, -0.2) is 0 Å². The van der Waals surface area contributed by atoms with E-state index in [9.17, 15) is 4.79 Å². The fourth-order valence-electron chi connectivity index (χ4n) is 1.75. The fraction of sp³-hybridized carbons (Fsp3) is 0.133. The SMILES string of the molecule is CNC(=O)c1ccc(N)cc1Oc1ccc(C)cc1Br. The Morgan fingerprint density at radius 3 is 2.60 bits per heavy atom. The minimum absolute atomic E-state index is 0.219. The molecule has 0 fully saturated rings. The second kappa shape index (κ2) is 5.96. The summed E-state index contributed by atoms with van der Waals surface area (Å²) in [6.07, 6.45) is 0. The fourth-order valence-corrected chi connectivity index (χ4v) is 2.33. The third-order valence-corrected chi connectivity index (χ3v) is 3.40. The number of anilines is 1. The summed E-state index contributed by atoms with van der Waals surface area (Å²) in [6.45, 7) is 1.99. The number of nitrogen functional groups attached to an aromatic ring is 1. The quantitative estimate of drug-likeness (QED) is 0.844. The summed E-state index contributed by atoms with van der Waals surface area (Å²) in [6, 6.07) is 10.7. The van der Waals surface area contributed by atoms with E-state index >= 15 is 0 Å². The van der Waals surface area contributed by atoms with Crippen LogP contribution in [0.3, 0.4) is 0 Å². The maximum atomic E-state index is 11.8. The van der Waals surface area contributed by atoms with Crippen LogP contribution in [0.2, 0.25) is 0 Å². The minimum atomic E-state index is -0.219. The Labute approximate surface area is 126 Å². The lowest BCUT2D eigenvalue weighted by Gasteiger charge is -2.12. The number of nitrogens with one attached hydrogen (secondary N) is 1. The van der Waals surface area contributed by atoms with E-state index in [4.69, 9.17) is 10.5 Å². The normalized spacial score (nSPS) is 10.2. The summed E-state index contributed by atoms with van der Waals surface area (Å²) < 4.78 is 6.63. The van der Waals surface area contributed by atoms with Gasteiger partial charge < -0.3 is 15.8 Å². The molecular formula is C15H15BrN2O2. The van der Waals surface area contributed by atoms with Crippen LogP contribution in [-0.4, -0.2) is 13.0 Å². The van der Waals surface area contributed by atoms with Crippen LogP contribution in [0.4, 0.5) is 5.69 Å². The van der Waals surface area contributed by atoms with Crippen molar-refractivity contribution >= 4 is 27.5 Å². The predicted octanol–water partition coefficient (Wildman–Crippen LogP) is 3.49. The molecule has 2 aromatic carbocycles. The number of hydrogen-bond donors (Lipinski definition) is 2. The van der Waals surface area contributed by atoms with Crippen molar-refractivity contribution in [3.05, 3.63) is 52.0 Å². The summed E-state index contributed by atoms with van der Waals surface area (Å²) in [5.41, 5.74) is 7.85. The molecule has 3 N–H and O–H groups in total. The van der Waals surface area contributed by atoms with Gasteiger partial charge in [-0.05, 0) is 52.7 Å². The molecule has 20 heavy (non-hydrogen) atoms. The van der Waals surface area contributed by atoms with Crippen LogP contribution >= 0.6 is 15.9 Å². The van der Waals surface area contributed by atoms with E-state index in [-0.39, 0.29) is 5.91 Å². The molecule has 0 atom stereocenters. The van der Waals surface area contributed by atoms with E-state index in [1.165, 1.54) is 0 Å². The van der Waals surface area contributed by atoms with E-state index in [1.807, 2.05) is 25.1 Å². The number of ether oxygens (including phenoxy) is 1. The van der Waals surface area contributed by atoms with Gasteiger partial charge >= 0.3 is 0 Å². The van der Waals surface area contributed by atoms with Crippen LogP contribution in [0.25, 0.3) is 0 Å². The van der Waals surface area contributed by atoms with Crippen LogP contribution in [0, 0.1) is 6.92 Å². The first-order valence-electron chi connectivity index (χ1n) is 6.07. The molecule has 0 aromatic heterocycles. The molecule has 2 aromatic rings. The molecule has 2 rings (SSSR count). The van der Waals surface area contributed by atoms with E-state index in [0.29, 0.717) is 22.7 Å². The van der Waals surface area contributed by atoms with Crippen LogP contribution in [0.5, 0.6) is 11.5 Å². The number of carbonyl (C=O) groups excluding carboxylic acids is 1. The van der Waals surface area contributed by atoms with Crippen molar-refractivity contribution in [2.75, 3.05) is 12.8 Å². The highest BCUT2D eigenvalue weighted by molar-refractivity contribution is 9.10. The number of benzene rings is 2. The highest BCUT2D eigenvalue weighted by Crippen LogP contribution is 2.33. The van der Waals surface area contributed by atoms with Gasteiger partial charge in [0, 0.05) is 18.8 Å². The van der Waals surface area contributed by atoms with Crippen LogP contribution in [-0.2, 0) is 0 Å². The Morgan fingerprint density at radius 1 is 1.20 bits per heavy atom. The number of nitrogens with two attached hydrogens (primary N) is 1. The first-order valence-corrected chi connectivity index (χ1v) is 6.86. The number of rotatable bonds is 3. The largest absolute Gasteiger partial charge is 0.455 e. The molecule has 0 aliphatic heterocycles. The van der Waals surface area contributed by atoms with Gasteiger partial charge in [-0.1, -0.05) is 6.07 Å². The van der Waals surface area contributed by atoms with Gasteiger partial charge in [0.05, 0.1) is 10.0 Å². The molecule has 104 valence electrons. The van der Waals surface area contributed by atoms with Crippen molar-refractivity contribution in [1.29, 1.82) is 0 Å². The zero-order chi connectivity index (χ0) is 14.7. The predicted molar refractivity (Wildman–Crippen MR) is 83.2 cm³/mol. The van der Waals surface area contributed by atoms with Crippen LogP contribution < -0.4 is 15.8 Å². The Bertz CT molecular complexity index is 656. The van der Waals surface area contributed by atoms with Gasteiger partial charge in [0.15, 0.2) is 0 Å². The Kier molecular flexibility index (Phi) is 4.29. The van der Waals surface area contributed by atoms with Crippen molar-refractivity contribution in [2.24, 2.45) is 0 Å². The minimum Gasteiger partial charge on any atom is -0.455 e. The Morgan fingerprint density at radius 2 is 1.95 bits per heavy atom. The van der Waals surface area contributed by atoms with E-state index in [2.05, 4.69) is 21.2 Å². The van der Waals surface area contributed by atoms with E-state index in [1.54, 1.807) is 25.2 Å². The zero-order valence-electron chi connectivity index (χ0n) is 11.2. The van der Waals surface area contributed by atoms with E-state index in [0.717, 1.165) is 10.0 Å². The monoisotopic (exact) mass is 334 g/mol. The molecule has 4 nitrogen and oxygen atoms in total. The van der Waals surface area contributed by atoms with Gasteiger partial charge in [0.1, 0.15) is 11.5 Å². The van der Waals surface area contributed by atoms with Crippen molar-refractivity contribution in [3.63, 3.8) is 0 Å². The standard InChI is InChI=1S/C15H15BrN2O2/c1-9-3-6-13(12(16)7-9)20-14-8-10(17)4-5-11(14)15(19)18-2/h3-8H,17H2,1-2H3,(H,18,19). The number of halogens is 1. The maximum absolute atomic E-state index is 11.8. The highest BCUT2D eigenvalue weighted by atomic mass is 79.9. The number of hydrogen-bond acceptors (Lipinski definition) is 3. The summed E-state index contributed by atoms with van der Waals surface area (Å²) >= 11 is 3.44. The lowest BCUT2D eigenvalue weighted by Crippen LogP contribution is -2.18. The van der Waals surface area contributed by atoms with Crippen molar-refractivity contribution < 1.29 is 9.53 Å². The first kappa shape index (κ1) is 14.4. The summed E-state index contributed by atoms with van der Waals surface area (Å²) in [4.78, 5) is 11.8. The third-order valence-electron chi connectivity index (χ3n) is 2.78. The molecule has 5 heteroatoms. The van der Waals surface area contributed by atoms with Gasteiger partial charge in [0.25, 0.3) is 5.91 Å². The Hall–Kier alpha value is -2.01. The Balaban J connectivity index is 2.41. The molecular weight excluding hydrogens is 320 g/mol. The molecule has 1 amide bonds. The number of aryl methyl sites for hydroxylation is 1. The summed E-state index contributed by atoms with van der Waals surface area (Å²) in [7, 11) is 1.57. The van der Waals surface area contributed by atoms with Gasteiger partial charge in [-0.3, -0.25) is 4.79 Å². The van der Waals surface area contributed by atoms with Crippen LogP contribution in [0.1, 0.15) is 15.9 Å². The zero-order valence-corrected chi connectivity index (χ0v) is 12.8. The van der Waals surface area contributed by atoms with Gasteiger partial charge in [-0.15, -0.1) is 0 Å². The molecule has 0 aliphatic carbocycles. The first-order chi connectivity index (χ1) is 9.51. The lowest BCUT2D eigenvalue weighted by atomic mass is 10.1. The molecule has 0 spiro atoms. The van der Waals surface area contributed by atoms with Gasteiger partial charge in [-0.2, -0.15) is 0 Å². The van der Waals surface area contributed by atoms with Crippen molar-refractivity contribution in [1.82, 2.24) is 5.32 Å². The highest BCUT2D eigenvalue weighted by Gasteiger charge is 2.13. The third kappa shape index (κ3) is 3.11. The van der Waals surface area contributed by atoms with E-state index < -0.39 is 0 Å². The summed E-state index contributed by atoms with van der Waals surface area (Å²) in [5, 5.41) is 2.58. The van der Waals surface area contributed by atoms with Gasteiger partial charge in [0.2, 0.25) is 0 Å². The lowest BCUT2D eigenvalue weighted by molar-refractivity contribution is 0.0961. The second-order valence-corrected chi connectivity index (χ2v) is 5.22. The molecule has 0 aliphatic rings. The second-order valence-electron chi connectivity index (χ2n) is 4.37. The molecule has 0 unspecified atom stereocenters. The van der Waals surface area contributed by atoms with Crippen LogP contribution in [0.15, 0.2) is 40.9 Å². The number of amides is 1.